The number of piperidine rings is 1. The van der Waals surface area contributed by atoms with Crippen LogP contribution in [-0.4, -0.2) is 60.9 Å². The predicted molar refractivity (Wildman–Crippen MR) is 97.2 cm³/mol. The molecule has 2 atom stereocenters. The quantitative estimate of drug-likeness (QED) is 0.885. The van der Waals surface area contributed by atoms with Crippen molar-refractivity contribution in [1.82, 2.24) is 9.80 Å². The first-order valence-corrected chi connectivity index (χ1v) is 10.3. The highest BCUT2D eigenvalue weighted by Gasteiger charge is 2.47. The van der Waals surface area contributed by atoms with E-state index in [9.17, 15) is 5.11 Å². The van der Waals surface area contributed by atoms with E-state index in [0.717, 1.165) is 45.8 Å². The molecule has 4 heterocycles. The molecule has 24 heavy (non-hydrogen) atoms. The van der Waals surface area contributed by atoms with Gasteiger partial charge in [-0.25, -0.2) is 0 Å². The number of hydrogen-bond donors (Lipinski definition) is 1. The van der Waals surface area contributed by atoms with E-state index in [1.54, 1.807) is 0 Å². The van der Waals surface area contributed by atoms with Crippen molar-refractivity contribution >= 4 is 11.3 Å². The van der Waals surface area contributed by atoms with Crippen LogP contribution in [0, 0.1) is 11.3 Å². The Kier molecular flexibility index (Phi) is 5.25. The molecule has 5 heteroatoms. The van der Waals surface area contributed by atoms with Crippen LogP contribution in [-0.2, 0) is 17.8 Å². The van der Waals surface area contributed by atoms with E-state index in [-0.39, 0.29) is 5.41 Å². The van der Waals surface area contributed by atoms with Crippen LogP contribution in [0.25, 0.3) is 0 Å². The molecule has 0 amide bonds. The van der Waals surface area contributed by atoms with Gasteiger partial charge in [-0.15, -0.1) is 11.3 Å². The van der Waals surface area contributed by atoms with Crippen LogP contribution in [0.3, 0.4) is 0 Å². The van der Waals surface area contributed by atoms with E-state index in [2.05, 4.69) is 21.2 Å². The lowest BCUT2D eigenvalue weighted by Gasteiger charge is -2.36. The molecule has 134 valence electrons. The standard InChI is InChI=1S/C19H30N2O2S/c22-15-19-4-7-23-12-17(19)10-21(14-19)11-18-8-16(13-24-18)9-20-5-2-1-3-6-20/h8,13,17,22H,1-7,9-12,14-15H2/t17-,19-/m1/s1. The maximum absolute atomic E-state index is 9.94. The first kappa shape index (κ1) is 17.0. The molecule has 3 fully saturated rings. The molecule has 1 aromatic rings. The van der Waals surface area contributed by atoms with Crippen LogP contribution in [0.2, 0.25) is 0 Å². The fourth-order valence-corrected chi connectivity index (χ4v) is 5.65. The monoisotopic (exact) mass is 350 g/mol. The molecule has 1 N–H and O–H groups in total. The third-order valence-corrected chi connectivity index (χ3v) is 7.17. The average Bonchev–Trinajstić information content (AvgIpc) is 3.20. The van der Waals surface area contributed by atoms with Crippen LogP contribution >= 0.6 is 11.3 Å². The summed E-state index contributed by atoms with van der Waals surface area (Å²) in [6.45, 7) is 8.71. The van der Waals surface area contributed by atoms with Crippen LogP contribution in [0.4, 0.5) is 0 Å². The van der Waals surface area contributed by atoms with E-state index in [0.29, 0.717) is 12.5 Å². The maximum Gasteiger partial charge on any atom is 0.0513 e. The summed E-state index contributed by atoms with van der Waals surface area (Å²) in [6, 6.07) is 2.41. The SMILES string of the molecule is OC[C@]12CCOC[C@H]1CN(Cc1cc(CN3CCCCC3)cs1)C2. The van der Waals surface area contributed by atoms with Gasteiger partial charge in [-0.2, -0.15) is 0 Å². The Bertz CT molecular complexity index is 543. The predicted octanol–water partition coefficient (Wildman–Crippen LogP) is 2.56. The third kappa shape index (κ3) is 3.56. The normalized spacial score (nSPS) is 32.1. The Morgan fingerprint density at radius 1 is 1.21 bits per heavy atom. The zero-order chi connectivity index (χ0) is 16.4. The summed E-state index contributed by atoms with van der Waals surface area (Å²) in [6.07, 6.45) is 5.13. The summed E-state index contributed by atoms with van der Waals surface area (Å²) >= 11 is 1.90. The van der Waals surface area contributed by atoms with Gasteiger partial charge in [0.2, 0.25) is 0 Å². The van der Waals surface area contributed by atoms with Gasteiger partial charge < -0.3 is 9.84 Å². The molecule has 4 rings (SSSR count). The second-order valence-corrected chi connectivity index (χ2v) is 8.97. The highest BCUT2D eigenvalue weighted by Crippen LogP contribution is 2.42. The molecule has 3 aliphatic rings. The highest BCUT2D eigenvalue weighted by atomic mass is 32.1. The van der Waals surface area contributed by atoms with E-state index in [1.165, 1.54) is 42.8 Å². The molecule has 4 nitrogen and oxygen atoms in total. The molecular weight excluding hydrogens is 320 g/mol. The van der Waals surface area contributed by atoms with Gasteiger partial charge in [0.05, 0.1) is 13.2 Å². The van der Waals surface area contributed by atoms with Crippen molar-refractivity contribution in [2.75, 3.05) is 46.0 Å². The molecule has 0 unspecified atom stereocenters. The molecule has 0 aliphatic carbocycles. The molecule has 0 bridgehead atoms. The first-order chi connectivity index (χ1) is 11.8. The van der Waals surface area contributed by atoms with Crippen molar-refractivity contribution in [2.45, 2.75) is 38.8 Å². The van der Waals surface area contributed by atoms with Crippen LogP contribution in [0.15, 0.2) is 11.4 Å². The van der Waals surface area contributed by atoms with E-state index in [4.69, 9.17) is 4.74 Å². The summed E-state index contributed by atoms with van der Waals surface area (Å²) in [5.74, 6) is 0.504. The summed E-state index contributed by atoms with van der Waals surface area (Å²) in [7, 11) is 0. The Morgan fingerprint density at radius 2 is 2.08 bits per heavy atom. The van der Waals surface area contributed by atoms with Gasteiger partial charge in [0.25, 0.3) is 0 Å². The minimum Gasteiger partial charge on any atom is -0.396 e. The molecule has 3 saturated heterocycles. The molecule has 1 aromatic heterocycles. The number of ether oxygens (including phenoxy) is 1. The maximum atomic E-state index is 9.94. The second kappa shape index (κ2) is 7.42. The summed E-state index contributed by atoms with van der Waals surface area (Å²) in [4.78, 5) is 6.60. The van der Waals surface area contributed by atoms with E-state index < -0.39 is 0 Å². The van der Waals surface area contributed by atoms with Gasteiger partial charge >= 0.3 is 0 Å². The lowest BCUT2D eigenvalue weighted by molar-refractivity contribution is -0.0417. The van der Waals surface area contributed by atoms with Gasteiger partial charge in [-0.1, -0.05) is 6.42 Å². The number of fused-ring (bicyclic) bond motifs is 1. The Labute approximate surface area is 149 Å². The summed E-state index contributed by atoms with van der Waals surface area (Å²) in [5, 5.41) is 12.3. The lowest BCUT2D eigenvalue weighted by atomic mass is 9.75. The van der Waals surface area contributed by atoms with Crippen molar-refractivity contribution in [3.05, 3.63) is 21.9 Å². The highest BCUT2D eigenvalue weighted by molar-refractivity contribution is 7.10. The molecule has 3 aliphatic heterocycles. The van der Waals surface area contributed by atoms with Gasteiger partial charge in [-0.3, -0.25) is 9.80 Å². The zero-order valence-electron chi connectivity index (χ0n) is 14.6. The fourth-order valence-electron chi connectivity index (χ4n) is 4.72. The molecule has 0 spiro atoms. The van der Waals surface area contributed by atoms with Gasteiger partial charge in [0.15, 0.2) is 0 Å². The van der Waals surface area contributed by atoms with Crippen molar-refractivity contribution in [2.24, 2.45) is 11.3 Å². The average molecular weight is 351 g/mol. The third-order valence-electron chi connectivity index (χ3n) is 6.20. The van der Waals surface area contributed by atoms with Crippen molar-refractivity contribution in [1.29, 1.82) is 0 Å². The summed E-state index contributed by atoms with van der Waals surface area (Å²) in [5.41, 5.74) is 1.57. The number of likely N-dealkylation sites (tertiary alicyclic amines) is 2. The van der Waals surface area contributed by atoms with Crippen molar-refractivity contribution < 1.29 is 9.84 Å². The number of thiophene rings is 1. The van der Waals surface area contributed by atoms with E-state index >= 15 is 0 Å². The Morgan fingerprint density at radius 3 is 2.88 bits per heavy atom. The second-order valence-electron chi connectivity index (χ2n) is 7.97. The Hall–Kier alpha value is -0.460. The van der Waals surface area contributed by atoms with Gasteiger partial charge in [0, 0.05) is 49.0 Å². The largest absolute Gasteiger partial charge is 0.396 e. The topological polar surface area (TPSA) is 35.9 Å². The smallest absolute Gasteiger partial charge is 0.0513 e. The van der Waals surface area contributed by atoms with Crippen LogP contribution in [0.5, 0.6) is 0 Å². The van der Waals surface area contributed by atoms with E-state index in [1.807, 2.05) is 11.3 Å². The summed E-state index contributed by atoms with van der Waals surface area (Å²) < 4.78 is 5.66. The van der Waals surface area contributed by atoms with Crippen molar-refractivity contribution in [3.8, 4) is 0 Å². The number of nitrogens with zero attached hydrogens (tertiary/aromatic N) is 2. The molecule has 0 radical (unpaired) electrons. The zero-order valence-corrected chi connectivity index (χ0v) is 15.4. The minimum absolute atomic E-state index is 0.0894. The van der Waals surface area contributed by atoms with Crippen LogP contribution < -0.4 is 0 Å². The number of rotatable bonds is 5. The lowest BCUT2D eigenvalue weighted by Crippen LogP contribution is -2.41. The fraction of sp³-hybridized carbons (Fsp3) is 0.789. The number of hydrogen-bond acceptors (Lipinski definition) is 5. The Balaban J connectivity index is 1.34. The van der Waals surface area contributed by atoms with Crippen molar-refractivity contribution in [3.63, 3.8) is 0 Å². The number of aliphatic hydroxyl groups is 1. The molecule has 0 aromatic carbocycles. The number of aliphatic hydroxyl groups excluding tert-OH is 1. The van der Waals surface area contributed by atoms with Gasteiger partial charge in [-0.05, 0) is 49.4 Å². The molecular formula is C19H30N2O2S. The molecule has 0 saturated carbocycles. The first-order valence-electron chi connectivity index (χ1n) is 9.47. The van der Waals surface area contributed by atoms with Crippen LogP contribution in [0.1, 0.15) is 36.1 Å². The minimum atomic E-state index is 0.0894. The van der Waals surface area contributed by atoms with Gasteiger partial charge in [0.1, 0.15) is 0 Å².